The van der Waals surface area contributed by atoms with E-state index in [1.807, 2.05) is 42.3 Å². The van der Waals surface area contributed by atoms with Crippen LogP contribution < -0.4 is 4.90 Å². The number of nitrogens with zero attached hydrogens (tertiary/aromatic N) is 2. The van der Waals surface area contributed by atoms with E-state index in [1.165, 1.54) is 0 Å². The highest BCUT2D eigenvalue weighted by molar-refractivity contribution is 9.10. The Morgan fingerprint density at radius 3 is 2.84 bits per heavy atom. The van der Waals surface area contributed by atoms with E-state index < -0.39 is 11.9 Å². The summed E-state index contributed by atoms with van der Waals surface area (Å²) in [4.78, 5) is 17.3. The van der Waals surface area contributed by atoms with Crippen molar-refractivity contribution in [1.29, 1.82) is 0 Å². The van der Waals surface area contributed by atoms with Gasteiger partial charge in [-0.1, -0.05) is 19.1 Å². The van der Waals surface area contributed by atoms with Crippen molar-refractivity contribution < 1.29 is 9.90 Å². The SMILES string of the molecule is CC(CN(C)c1ccc2cccc(Br)c2n1)C(=O)O. The van der Waals surface area contributed by atoms with E-state index in [4.69, 9.17) is 5.11 Å². The minimum atomic E-state index is -0.797. The standard InChI is InChI=1S/C14H15BrN2O2/c1-9(14(18)19)8-17(2)12-7-6-10-4-3-5-11(15)13(10)16-12/h3-7,9H,8H2,1-2H3,(H,18,19). The number of rotatable bonds is 4. The molecule has 0 amide bonds. The second kappa shape index (κ2) is 5.57. The van der Waals surface area contributed by atoms with Crippen LogP contribution in [0.1, 0.15) is 6.92 Å². The maximum Gasteiger partial charge on any atom is 0.308 e. The number of carboxylic acid groups (broad SMARTS) is 1. The molecule has 0 bridgehead atoms. The number of anilines is 1. The first-order chi connectivity index (χ1) is 8.99. The lowest BCUT2D eigenvalue weighted by molar-refractivity contribution is -0.140. The number of pyridine rings is 1. The van der Waals surface area contributed by atoms with Gasteiger partial charge in [0.2, 0.25) is 0 Å². The van der Waals surface area contributed by atoms with Gasteiger partial charge >= 0.3 is 5.97 Å². The summed E-state index contributed by atoms with van der Waals surface area (Å²) in [7, 11) is 1.85. The van der Waals surface area contributed by atoms with Crippen molar-refractivity contribution in [3.05, 3.63) is 34.8 Å². The summed E-state index contributed by atoms with van der Waals surface area (Å²) < 4.78 is 0.937. The van der Waals surface area contributed by atoms with Crippen molar-refractivity contribution in [2.75, 3.05) is 18.5 Å². The fourth-order valence-electron chi connectivity index (χ4n) is 1.90. The first kappa shape index (κ1) is 13.8. The zero-order valence-corrected chi connectivity index (χ0v) is 12.4. The van der Waals surface area contributed by atoms with Gasteiger partial charge in [0.15, 0.2) is 0 Å². The Hall–Kier alpha value is -1.62. The van der Waals surface area contributed by atoms with Crippen molar-refractivity contribution in [3.8, 4) is 0 Å². The van der Waals surface area contributed by atoms with Gasteiger partial charge in [0.1, 0.15) is 5.82 Å². The van der Waals surface area contributed by atoms with Crippen molar-refractivity contribution in [3.63, 3.8) is 0 Å². The van der Waals surface area contributed by atoms with Crippen molar-refractivity contribution >= 4 is 38.6 Å². The molecule has 0 aliphatic heterocycles. The third-order valence-electron chi connectivity index (χ3n) is 3.02. The maximum absolute atomic E-state index is 10.9. The number of para-hydroxylation sites is 1. The summed E-state index contributed by atoms with van der Waals surface area (Å²) in [6.07, 6.45) is 0. The zero-order chi connectivity index (χ0) is 14.0. The molecule has 0 saturated carbocycles. The average Bonchev–Trinajstić information content (AvgIpc) is 2.38. The minimum Gasteiger partial charge on any atom is -0.481 e. The Bertz CT molecular complexity index is 615. The van der Waals surface area contributed by atoms with Crippen molar-refractivity contribution in [2.45, 2.75) is 6.92 Å². The van der Waals surface area contributed by atoms with E-state index in [9.17, 15) is 4.79 Å². The number of hydrogen-bond donors (Lipinski definition) is 1. The minimum absolute atomic E-state index is 0.429. The van der Waals surface area contributed by atoms with Crippen LogP contribution in [0.25, 0.3) is 10.9 Å². The van der Waals surface area contributed by atoms with Crippen LogP contribution in [0.15, 0.2) is 34.8 Å². The number of carbonyl (C=O) groups is 1. The molecular formula is C14H15BrN2O2. The van der Waals surface area contributed by atoms with Gasteiger partial charge in [-0.3, -0.25) is 4.79 Å². The van der Waals surface area contributed by atoms with Crippen molar-refractivity contribution in [2.24, 2.45) is 5.92 Å². The molecule has 0 fully saturated rings. The maximum atomic E-state index is 10.9. The van der Waals surface area contributed by atoms with Crippen LogP contribution in [0.4, 0.5) is 5.82 Å². The van der Waals surface area contributed by atoms with Crippen LogP contribution in [0.5, 0.6) is 0 Å². The number of aromatic nitrogens is 1. The summed E-state index contributed by atoms with van der Waals surface area (Å²) >= 11 is 3.48. The van der Waals surface area contributed by atoms with Crippen LogP contribution in [0.2, 0.25) is 0 Å². The molecule has 2 aromatic rings. The van der Waals surface area contributed by atoms with Gasteiger partial charge in [0.25, 0.3) is 0 Å². The highest BCUT2D eigenvalue weighted by Crippen LogP contribution is 2.24. The Balaban J connectivity index is 2.30. The molecule has 19 heavy (non-hydrogen) atoms. The highest BCUT2D eigenvalue weighted by atomic mass is 79.9. The second-order valence-electron chi connectivity index (χ2n) is 4.60. The lowest BCUT2D eigenvalue weighted by Crippen LogP contribution is -2.28. The summed E-state index contributed by atoms with van der Waals surface area (Å²) in [5.41, 5.74) is 0.884. The molecule has 1 unspecified atom stereocenters. The fraction of sp³-hybridized carbons (Fsp3) is 0.286. The number of aliphatic carboxylic acids is 1. The molecule has 1 aromatic carbocycles. The van der Waals surface area contributed by atoms with Gasteiger partial charge in [-0.05, 0) is 34.1 Å². The summed E-state index contributed by atoms with van der Waals surface area (Å²) in [6, 6.07) is 9.80. The molecule has 1 N–H and O–H groups in total. The molecular weight excluding hydrogens is 308 g/mol. The number of carboxylic acids is 1. The molecule has 1 atom stereocenters. The smallest absolute Gasteiger partial charge is 0.308 e. The third-order valence-corrected chi connectivity index (χ3v) is 3.66. The fourth-order valence-corrected chi connectivity index (χ4v) is 2.37. The molecule has 0 radical (unpaired) electrons. The van der Waals surface area contributed by atoms with Crippen LogP contribution in [0.3, 0.4) is 0 Å². The van der Waals surface area contributed by atoms with Gasteiger partial charge in [0, 0.05) is 23.5 Å². The normalized spacial score (nSPS) is 12.4. The molecule has 2 rings (SSSR count). The topological polar surface area (TPSA) is 53.4 Å². The van der Waals surface area contributed by atoms with Crippen molar-refractivity contribution in [1.82, 2.24) is 4.98 Å². The average molecular weight is 323 g/mol. The van der Waals surface area contributed by atoms with Crippen LogP contribution >= 0.6 is 15.9 Å². The Kier molecular flexibility index (Phi) is 4.04. The first-order valence-corrected chi connectivity index (χ1v) is 6.77. The van der Waals surface area contributed by atoms with Gasteiger partial charge in [-0.25, -0.2) is 4.98 Å². The Labute approximate surface area is 120 Å². The molecule has 0 aliphatic rings. The third kappa shape index (κ3) is 3.04. The molecule has 0 aliphatic carbocycles. The molecule has 4 nitrogen and oxygen atoms in total. The van der Waals surface area contributed by atoms with Crippen LogP contribution in [-0.2, 0) is 4.79 Å². The van der Waals surface area contributed by atoms with Gasteiger partial charge in [-0.2, -0.15) is 0 Å². The molecule has 5 heteroatoms. The monoisotopic (exact) mass is 322 g/mol. The molecule has 100 valence electrons. The zero-order valence-electron chi connectivity index (χ0n) is 10.8. The lowest BCUT2D eigenvalue weighted by atomic mass is 10.1. The van der Waals surface area contributed by atoms with E-state index in [-0.39, 0.29) is 0 Å². The molecule has 1 aromatic heterocycles. The van der Waals surface area contributed by atoms with E-state index >= 15 is 0 Å². The van der Waals surface area contributed by atoms with Gasteiger partial charge < -0.3 is 10.0 Å². The Morgan fingerprint density at radius 1 is 1.42 bits per heavy atom. The van der Waals surface area contributed by atoms with E-state index in [0.717, 1.165) is 21.2 Å². The number of halogens is 1. The molecule has 1 heterocycles. The van der Waals surface area contributed by atoms with Gasteiger partial charge in [-0.15, -0.1) is 0 Å². The number of hydrogen-bond acceptors (Lipinski definition) is 3. The highest BCUT2D eigenvalue weighted by Gasteiger charge is 2.15. The van der Waals surface area contributed by atoms with E-state index in [2.05, 4.69) is 20.9 Å². The summed E-state index contributed by atoms with van der Waals surface area (Å²) in [5.74, 6) is -0.456. The molecule has 0 saturated heterocycles. The van der Waals surface area contributed by atoms with Crippen LogP contribution in [-0.4, -0.2) is 29.7 Å². The molecule has 0 spiro atoms. The van der Waals surface area contributed by atoms with Gasteiger partial charge in [0.05, 0.1) is 11.4 Å². The second-order valence-corrected chi connectivity index (χ2v) is 5.46. The largest absolute Gasteiger partial charge is 0.481 e. The summed E-state index contributed by atoms with van der Waals surface area (Å²) in [5, 5.41) is 9.99. The van der Waals surface area contributed by atoms with E-state index in [1.54, 1.807) is 6.92 Å². The number of benzene rings is 1. The van der Waals surface area contributed by atoms with E-state index in [0.29, 0.717) is 6.54 Å². The quantitative estimate of drug-likeness (QED) is 0.939. The Morgan fingerprint density at radius 2 is 2.16 bits per heavy atom. The predicted molar refractivity (Wildman–Crippen MR) is 79.5 cm³/mol. The lowest BCUT2D eigenvalue weighted by Gasteiger charge is -2.20. The predicted octanol–water partition coefficient (Wildman–Crippen LogP) is 3.15. The first-order valence-electron chi connectivity index (χ1n) is 5.98. The van der Waals surface area contributed by atoms with Crippen LogP contribution in [0, 0.1) is 5.92 Å². The summed E-state index contributed by atoms with van der Waals surface area (Å²) in [6.45, 7) is 2.12. The number of fused-ring (bicyclic) bond motifs is 1.